The molecule has 3 heterocycles. The lowest BCUT2D eigenvalue weighted by molar-refractivity contribution is -0.185. The summed E-state index contributed by atoms with van der Waals surface area (Å²) in [5, 5.41) is 7.81. The predicted molar refractivity (Wildman–Crippen MR) is 122 cm³/mol. The van der Waals surface area contributed by atoms with Crippen LogP contribution in [-0.4, -0.2) is 30.4 Å². The van der Waals surface area contributed by atoms with E-state index < -0.39 is 0 Å². The van der Waals surface area contributed by atoms with Gasteiger partial charge in [0, 0.05) is 29.1 Å². The van der Waals surface area contributed by atoms with Crippen molar-refractivity contribution < 1.29 is 14.0 Å². The van der Waals surface area contributed by atoms with Crippen LogP contribution in [0.3, 0.4) is 0 Å². The third kappa shape index (κ3) is 3.56. The van der Waals surface area contributed by atoms with Crippen molar-refractivity contribution in [3.63, 3.8) is 0 Å². The number of nitrogens with zero attached hydrogens (tertiary/aromatic N) is 2. The van der Waals surface area contributed by atoms with E-state index in [2.05, 4.69) is 39.7 Å². The van der Waals surface area contributed by atoms with Crippen LogP contribution in [-0.2, 0) is 10.3 Å². The molecule has 7 rings (SSSR count). The minimum absolute atomic E-state index is 0.134. The minimum atomic E-state index is -0.134. The Labute approximate surface area is 188 Å². The molecule has 1 aromatic heterocycles. The summed E-state index contributed by atoms with van der Waals surface area (Å²) < 4.78 is 17.3. The summed E-state index contributed by atoms with van der Waals surface area (Å²) >= 11 is 0. The highest BCUT2D eigenvalue weighted by Gasteiger charge is 2.50. The van der Waals surface area contributed by atoms with E-state index in [1.54, 1.807) is 7.11 Å². The number of anilines is 1. The maximum Gasteiger partial charge on any atom is 0.258 e. The Bertz CT molecular complexity index is 1080. The average molecular weight is 432 g/mol. The first-order valence-electron chi connectivity index (χ1n) is 11.6. The molecule has 3 aromatic rings. The quantitative estimate of drug-likeness (QED) is 0.531. The van der Waals surface area contributed by atoms with E-state index in [0.29, 0.717) is 11.8 Å². The second-order valence-electron chi connectivity index (χ2n) is 9.68. The van der Waals surface area contributed by atoms with Crippen LogP contribution in [0.5, 0.6) is 5.75 Å². The van der Waals surface area contributed by atoms with Crippen LogP contribution < -0.4 is 10.1 Å². The van der Waals surface area contributed by atoms with Gasteiger partial charge >= 0.3 is 0 Å². The Morgan fingerprint density at radius 1 is 1.06 bits per heavy atom. The minimum Gasteiger partial charge on any atom is -0.497 e. The van der Waals surface area contributed by atoms with Crippen molar-refractivity contribution in [1.82, 2.24) is 10.1 Å². The molecular weight excluding hydrogens is 402 g/mol. The second kappa shape index (κ2) is 7.62. The number of fused-ring (bicyclic) bond motifs is 3. The SMILES string of the molecule is COc1ccc(C23CCC(CNc4cccc(-c5nc(C6CC6)no5)c4)(CC2)CO3)cc1. The zero-order valence-corrected chi connectivity index (χ0v) is 18.5. The highest BCUT2D eigenvalue weighted by atomic mass is 16.5. The first kappa shape index (κ1) is 19.8. The van der Waals surface area contributed by atoms with Crippen molar-refractivity contribution in [2.24, 2.45) is 5.41 Å². The van der Waals surface area contributed by atoms with Crippen LogP contribution in [0.2, 0.25) is 0 Å². The zero-order valence-electron chi connectivity index (χ0n) is 18.5. The fraction of sp³-hybridized carbons (Fsp3) is 0.462. The molecule has 0 unspecified atom stereocenters. The normalized spacial score (nSPS) is 26.8. The van der Waals surface area contributed by atoms with Crippen LogP contribution in [0, 0.1) is 5.41 Å². The molecular formula is C26H29N3O3. The Morgan fingerprint density at radius 2 is 1.88 bits per heavy atom. The van der Waals surface area contributed by atoms with Gasteiger partial charge in [0.25, 0.3) is 5.89 Å². The Hall–Kier alpha value is -2.86. The van der Waals surface area contributed by atoms with E-state index in [0.717, 1.165) is 48.8 Å². The van der Waals surface area contributed by atoms with Gasteiger partial charge < -0.3 is 19.3 Å². The van der Waals surface area contributed by atoms with Crippen LogP contribution in [0.4, 0.5) is 5.69 Å². The van der Waals surface area contributed by atoms with Gasteiger partial charge in [-0.2, -0.15) is 4.98 Å². The van der Waals surface area contributed by atoms with Crippen LogP contribution >= 0.6 is 0 Å². The van der Waals surface area contributed by atoms with Crippen molar-refractivity contribution in [1.29, 1.82) is 0 Å². The summed E-state index contributed by atoms with van der Waals surface area (Å²) in [5.41, 5.74) is 3.38. The number of nitrogens with one attached hydrogen (secondary N) is 1. The molecule has 2 saturated heterocycles. The van der Waals surface area contributed by atoms with Gasteiger partial charge in [0.2, 0.25) is 0 Å². The number of rotatable bonds is 7. The summed E-state index contributed by atoms with van der Waals surface area (Å²) in [4.78, 5) is 4.58. The fourth-order valence-electron chi connectivity index (χ4n) is 5.17. The molecule has 1 N–H and O–H groups in total. The number of aromatic nitrogens is 2. The van der Waals surface area contributed by atoms with E-state index in [-0.39, 0.29) is 11.0 Å². The summed E-state index contributed by atoms with van der Waals surface area (Å²) in [6.45, 7) is 1.70. The van der Waals surface area contributed by atoms with E-state index >= 15 is 0 Å². The molecule has 4 aliphatic rings. The molecule has 2 aliphatic heterocycles. The molecule has 4 fully saturated rings. The second-order valence-corrected chi connectivity index (χ2v) is 9.68. The molecule has 0 radical (unpaired) electrons. The first-order valence-corrected chi connectivity index (χ1v) is 11.6. The Morgan fingerprint density at radius 3 is 2.56 bits per heavy atom. The van der Waals surface area contributed by atoms with Crippen molar-refractivity contribution in [3.8, 4) is 17.2 Å². The van der Waals surface area contributed by atoms with E-state index in [9.17, 15) is 0 Å². The van der Waals surface area contributed by atoms with E-state index in [1.807, 2.05) is 24.3 Å². The topological polar surface area (TPSA) is 69.4 Å². The molecule has 0 amide bonds. The third-order valence-corrected chi connectivity index (χ3v) is 7.55. The number of hydrogen-bond donors (Lipinski definition) is 1. The maximum absolute atomic E-state index is 6.53. The molecule has 32 heavy (non-hydrogen) atoms. The molecule has 2 aromatic carbocycles. The summed E-state index contributed by atoms with van der Waals surface area (Å²) in [7, 11) is 1.70. The lowest BCUT2D eigenvalue weighted by atomic mass is 9.64. The molecule has 166 valence electrons. The predicted octanol–water partition coefficient (Wildman–Crippen LogP) is 5.52. The number of benzene rings is 2. The Kier molecular flexibility index (Phi) is 4.72. The van der Waals surface area contributed by atoms with Crippen molar-refractivity contribution >= 4 is 5.69 Å². The lowest BCUT2D eigenvalue weighted by Crippen LogP contribution is -2.51. The van der Waals surface area contributed by atoms with Gasteiger partial charge in [-0.15, -0.1) is 0 Å². The van der Waals surface area contributed by atoms with Gasteiger partial charge in [-0.25, -0.2) is 0 Å². The highest BCUT2D eigenvalue weighted by Crippen LogP contribution is 2.53. The fourth-order valence-corrected chi connectivity index (χ4v) is 5.17. The molecule has 6 heteroatoms. The summed E-state index contributed by atoms with van der Waals surface area (Å²) in [5.74, 6) is 2.84. The standard InChI is InChI=1S/C26H29N3O3/c1-30-22-9-7-20(8-10-22)26-13-11-25(12-14-26,17-31-26)16-27-21-4-2-3-19(15-21)24-28-23(29-32-24)18-5-6-18/h2-4,7-10,15,18,27H,5-6,11-14,16-17H2,1H3. The van der Waals surface area contributed by atoms with Crippen molar-refractivity contribution in [3.05, 3.63) is 59.9 Å². The molecule has 0 spiro atoms. The molecule has 2 saturated carbocycles. The lowest BCUT2D eigenvalue weighted by Gasteiger charge is -2.53. The van der Waals surface area contributed by atoms with Crippen LogP contribution in [0.15, 0.2) is 53.1 Å². The number of hydrogen-bond acceptors (Lipinski definition) is 6. The van der Waals surface area contributed by atoms with Gasteiger partial charge in [0.05, 0.1) is 19.3 Å². The summed E-state index contributed by atoms with van der Waals surface area (Å²) in [6, 6.07) is 16.7. The Balaban J connectivity index is 1.11. The van der Waals surface area contributed by atoms with Gasteiger partial charge in [-0.3, -0.25) is 0 Å². The molecule has 0 atom stereocenters. The van der Waals surface area contributed by atoms with Crippen molar-refractivity contribution in [2.75, 3.05) is 25.6 Å². The van der Waals surface area contributed by atoms with Crippen molar-refractivity contribution in [2.45, 2.75) is 50.0 Å². The zero-order chi connectivity index (χ0) is 21.6. The van der Waals surface area contributed by atoms with Gasteiger partial charge in [-0.1, -0.05) is 23.4 Å². The van der Waals surface area contributed by atoms with E-state index in [1.165, 1.54) is 31.2 Å². The molecule has 6 nitrogen and oxygen atoms in total. The highest BCUT2D eigenvalue weighted by molar-refractivity contribution is 5.61. The van der Waals surface area contributed by atoms with Gasteiger partial charge in [-0.05, 0) is 74.4 Å². The average Bonchev–Trinajstić information content (AvgIpc) is 3.60. The number of methoxy groups -OCH3 is 1. The molecule has 2 aliphatic carbocycles. The maximum atomic E-state index is 6.53. The third-order valence-electron chi connectivity index (χ3n) is 7.55. The largest absolute Gasteiger partial charge is 0.497 e. The monoisotopic (exact) mass is 431 g/mol. The first-order chi connectivity index (χ1) is 15.7. The van der Waals surface area contributed by atoms with Crippen LogP contribution in [0.25, 0.3) is 11.5 Å². The van der Waals surface area contributed by atoms with E-state index in [4.69, 9.17) is 14.0 Å². The van der Waals surface area contributed by atoms with Crippen LogP contribution in [0.1, 0.15) is 55.8 Å². The summed E-state index contributed by atoms with van der Waals surface area (Å²) in [6.07, 6.45) is 6.80. The van der Waals surface area contributed by atoms with Gasteiger partial charge in [0.1, 0.15) is 5.75 Å². The van der Waals surface area contributed by atoms with Gasteiger partial charge in [0.15, 0.2) is 5.82 Å². The number of ether oxygens (including phenoxy) is 2. The molecule has 2 bridgehead atoms. The smallest absolute Gasteiger partial charge is 0.258 e.